The molecule has 0 bridgehead atoms. The molecule has 2 aliphatic heterocycles. The van der Waals surface area contributed by atoms with Gasteiger partial charge in [-0.2, -0.15) is 0 Å². The molecular weight excluding hydrogens is 354 g/mol. The van der Waals surface area contributed by atoms with Gasteiger partial charge in [0.1, 0.15) is 11.3 Å². The third-order valence-electron chi connectivity index (χ3n) is 6.47. The maximum atomic E-state index is 12.7. The van der Waals surface area contributed by atoms with Crippen LogP contribution < -0.4 is 10.6 Å². The molecule has 0 radical (unpaired) electrons. The highest BCUT2D eigenvalue weighted by Gasteiger charge is 2.43. The van der Waals surface area contributed by atoms with Crippen molar-refractivity contribution < 1.29 is 14.7 Å². The molecule has 1 saturated heterocycles. The number of nitrogens with zero attached hydrogens (tertiary/aromatic N) is 1. The fourth-order valence-corrected chi connectivity index (χ4v) is 4.80. The van der Waals surface area contributed by atoms with Crippen LogP contribution in [0.25, 0.3) is 0 Å². The van der Waals surface area contributed by atoms with E-state index >= 15 is 0 Å². The van der Waals surface area contributed by atoms with Crippen molar-refractivity contribution >= 4 is 17.5 Å². The topological polar surface area (TPSA) is 81.7 Å². The molecule has 6 heteroatoms. The van der Waals surface area contributed by atoms with Gasteiger partial charge < -0.3 is 20.6 Å². The maximum Gasteiger partial charge on any atom is 0.264 e. The summed E-state index contributed by atoms with van der Waals surface area (Å²) in [6.07, 6.45) is 6.34. The number of aliphatic hydroxyl groups is 1. The van der Waals surface area contributed by atoms with Gasteiger partial charge in [-0.15, -0.1) is 0 Å². The molecular formula is C22H29N3O3. The van der Waals surface area contributed by atoms with Crippen molar-refractivity contribution in [3.63, 3.8) is 0 Å². The number of likely N-dealkylation sites (N-methyl/N-ethyl adjacent to an activating group) is 1. The summed E-state index contributed by atoms with van der Waals surface area (Å²) in [4.78, 5) is 27.3. The lowest BCUT2D eigenvalue weighted by atomic mass is 9.84. The Morgan fingerprint density at radius 3 is 2.57 bits per heavy atom. The molecule has 28 heavy (non-hydrogen) atoms. The molecule has 0 aromatic heterocycles. The minimum Gasteiger partial charge on any atom is -0.511 e. The van der Waals surface area contributed by atoms with Crippen molar-refractivity contribution in [1.82, 2.24) is 10.2 Å². The standard InChI is InChI=1S/C22H29N3O3/c1-2-25-12-17-18(13-25)24-22(28)19(20(17)26)21(27)23-16-10-8-15(9-11-16)14-6-4-3-5-7-14/h8-11,14,17-18,26H,2-7,12-13H2,1H3,(H,23,27)(H,24,28). The predicted octanol–water partition coefficient (Wildman–Crippen LogP) is 2.94. The van der Waals surface area contributed by atoms with Gasteiger partial charge in [-0.05, 0) is 43.0 Å². The lowest BCUT2D eigenvalue weighted by molar-refractivity contribution is -0.123. The van der Waals surface area contributed by atoms with Crippen molar-refractivity contribution in [2.45, 2.75) is 51.0 Å². The predicted molar refractivity (Wildman–Crippen MR) is 108 cm³/mol. The number of nitrogens with one attached hydrogen (secondary N) is 2. The Kier molecular flexibility index (Phi) is 5.40. The van der Waals surface area contributed by atoms with Crippen LogP contribution in [0.5, 0.6) is 0 Å². The van der Waals surface area contributed by atoms with Crippen LogP contribution >= 0.6 is 0 Å². The zero-order chi connectivity index (χ0) is 19.7. The fraction of sp³-hybridized carbons (Fsp3) is 0.545. The summed E-state index contributed by atoms with van der Waals surface area (Å²) in [5, 5.41) is 16.3. The Morgan fingerprint density at radius 1 is 1.18 bits per heavy atom. The molecule has 2 fully saturated rings. The first-order valence-corrected chi connectivity index (χ1v) is 10.4. The first-order chi connectivity index (χ1) is 13.6. The second kappa shape index (κ2) is 7.95. The average Bonchev–Trinajstić information content (AvgIpc) is 3.12. The Morgan fingerprint density at radius 2 is 1.89 bits per heavy atom. The fourth-order valence-electron chi connectivity index (χ4n) is 4.80. The summed E-state index contributed by atoms with van der Waals surface area (Å²) in [6, 6.07) is 7.77. The minimum absolute atomic E-state index is 0.0824. The number of fused-ring (bicyclic) bond motifs is 1. The summed E-state index contributed by atoms with van der Waals surface area (Å²) in [5.41, 5.74) is 1.79. The second-order valence-corrected chi connectivity index (χ2v) is 8.21. The first kappa shape index (κ1) is 19.0. The van der Waals surface area contributed by atoms with Crippen LogP contribution in [0.2, 0.25) is 0 Å². The molecule has 1 aromatic rings. The van der Waals surface area contributed by atoms with Gasteiger partial charge in [0, 0.05) is 18.8 Å². The van der Waals surface area contributed by atoms with Crippen LogP contribution in [-0.2, 0) is 9.59 Å². The van der Waals surface area contributed by atoms with Gasteiger partial charge in [0.05, 0.1) is 12.0 Å². The highest BCUT2D eigenvalue weighted by atomic mass is 16.3. The van der Waals surface area contributed by atoms with Gasteiger partial charge in [0.25, 0.3) is 11.8 Å². The number of benzene rings is 1. The Bertz CT molecular complexity index is 781. The molecule has 4 rings (SSSR count). The molecule has 1 saturated carbocycles. The molecule has 2 unspecified atom stereocenters. The lowest BCUT2D eigenvalue weighted by Crippen LogP contribution is -2.48. The SMILES string of the molecule is CCN1CC2NC(=O)C(C(=O)Nc3ccc(C4CCCCC4)cc3)=C(O)C2C1. The summed E-state index contributed by atoms with van der Waals surface area (Å²) in [5.74, 6) is -0.731. The van der Waals surface area contributed by atoms with Crippen molar-refractivity contribution in [3.05, 3.63) is 41.2 Å². The van der Waals surface area contributed by atoms with Crippen LogP contribution in [0.15, 0.2) is 35.6 Å². The number of amides is 2. The molecule has 2 heterocycles. The minimum atomic E-state index is -0.547. The second-order valence-electron chi connectivity index (χ2n) is 8.21. The van der Waals surface area contributed by atoms with Crippen molar-refractivity contribution in [2.24, 2.45) is 5.92 Å². The third-order valence-corrected chi connectivity index (χ3v) is 6.47. The van der Waals surface area contributed by atoms with Crippen LogP contribution in [-0.4, -0.2) is 47.5 Å². The summed E-state index contributed by atoms with van der Waals surface area (Å²) in [7, 11) is 0. The van der Waals surface area contributed by atoms with Gasteiger partial charge >= 0.3 is 0 Å². The highest BCUT2D eigenvalue weighted by molar-refractivity contribution is 6.23. The molecule has 6 nitrogen and oxygen atoms in total. The van der Waals surface area contributed by atoms with E-state index in [0.29, 0.717) is 24.7 Å². The number of hydrogen-bond donors (Lipinski definition) is 3. The van der Waals surface area contributed by atoms with Crippen LogP contribution in [0, 0.1) is 5.92 Å². The van der Waals surface area contributed by atoms with E-state index in [0.717, 1.165) is 6.54 Å². The van der Waals surface area contributed by atoms with E-state index in [2.05, 4.69) is 27.7 Å². The number of carbonyl (C=O) groups is 2. The zero-order valence-corrected chi connectivity index (χ0v) is 16.4. The van der Waals surface area contributed by atoms with E-state index in [1.807, 2.05) is 19.1 Å². The molecule has 1 aliphatic carbocycles. The number of aliphatic hydroxyl groups excluding tert-OH is 1. The van der Waals surface area contributed by atoms with E-state index in [-0.39, 0.29) is 23.3 Å². The Balaban J connectivity index is 1.46. The molecule has 150 valence electrons. The van der Waals surface area contributed by atoms with Gasteiger partial charge in [-0.1, -0.05) is 38.3 Å². The average molecular weight is 383 g/mol. The molecule has 3 N–H and O–H groups in total. The quantitative estimate of drug-likeness (QED) is 0.698. The van der Waals surface area contributed by atoms with Crippen LogP contribution in [0.4, 0.5) is 5.69 Å². The van der Waals surface area contributed by atoms with E-state index in [1.165, 1.54) is 37.7 Å². The summed E-state index contributed by atoms with van der Waals surface area (Å²) >= 11 is 0. The third kappa shape index (κ3) is 3.65. The van der Waals surface area contributed by atoms with Crippen LogP contribution in [0.3, 0.4) is 0 Å². The van der Waals surface area contributed by atoms with Gasteiger partial charge in [-0.3, -0.25) is 9.59 Å². The van der Waals surface area contributed by atoms with E-state index in [4.69, 9.17) is 0 Å². The monoisotopic (exact) mass is 383 g/mol. The van der Waals surface area contributed by atoms with E-state index in [1.54, 1.807) is 0 Å². The van der Waals surface area contributed by atoms with Gasteiger partial charge in [-0.25, -0.2) is 0 Å². The molecule has 2 atom stereocenters. The molecule has 2 amide bonds. The summed E-state index contributed by atoms with van der Waals surface area (Å²) < 4.78 is 0. The number of carbonyl (C=O) groups excluding carboxylic acids is 2. The largest absolute Gasteiger partial charge is 0.511 e. The lowest BCUT2D eigenvalue weighted by Gasteiger charge is -2.26. The Hall–Kier alpha value is -2.34. The smallest absolute Gasteiger partial charge is 0.264 e. The number of likely N-dealkylation sites (tertiary alicyclic amines) is 1. The molecule has 0 spiro atoms. The van der Waals surface area contributed by atoms with Gasteiger partial charge in [0.2, 0.25) is 0 Å². The highest BCUT2D eigenvalue weighted by Crippen LogP contribution is 2.33. The van der Waals surface area contributed by atoms with E-state index in [9.17, 15) is 14.7 Å². The Labute approximate surface area is 166 Å². The first-order valence-electron chi connectivity index (χ1n) is 10.4. The molecule has 1 aromatic carbocycles. The van der Waals surface area contributed by atoms with Crippen molar-refractivity contribution in [3.8, 4) is 0 Å². The van der Waals surface area contributed by atoms with Crippen LogP contribution in [0.1, 0.15) is 50.5 Å². The van der Waals surface area contributed by atoms with Crippen molar-refractivity contribution in [2.75, 3.05) is 25.0 Å². The maximum absolute atomic E-state index is 12.7. The number of hydrogen-bond acceptors (Lipinski definition) is 4. The van der Waals surface area contributed by atoms with E-state index < -0.39 is 11.8 Å². The summed E-state index contributed by atoms with van der Waals surface area (Å²) in [6.45, 7) is 4.25. The van der Waals surface area contributed by atoms with Gasteiger partial charge in [0.15, 0.2) is 0 Å². The normalized spacial score (nSPS) is 26.1. The molecule has 3 aliphatic rings. The number of anilines is 1. The number of rotatable bonds is 4. The zero-order valence-electron chi connectivity index (χ0n) is 16.4. The van der Waals surface area contributed by atoms with Crippen molar-refractivity contribution in [1.29, 1.82) is 0 Å².